The lowest BCUT2D eigenvalue weighted by molar-refractivity contribution is -0.118. The third-order valence-corrected chi connectivity index (χ3v) is 4.78. The maximum Gasteiger partial charge on any atom is 0.263 e. The molecule has 0 spiro atoms. The number of ketones is 1. The van der Waals surface area contributed by atoms with Crippen molar-refractivity contribution in [3.63, 3.8) is 0 Å². The molecule has 0 aliphatic rings. The first-order valence-electron chi connectivity index (χ1n) is 9.59. The number of carbonyl (C=O) groups is 2. The minimum atomic E-state index is -0.300. The van der Waals surface area contributed by atoms with E-state index in [9.17, 15) is 9.59 Å². The molecular formula is C24H21N3O3. The SMILES string of the molecule is CC(=O)c1ccc(OCC(=O)Nc2c(-c3ccccc3)nc3c(C)cccn23)cc1. The smallest absolute Gasteiger partial charge is 0.263 e. The number of aromatic nitrogens is 2. The normalized spacial score (nSPS) is 10.7. The Bertz CT molecular complexity index is 1210. The standard InChI is InChI=1S/C24H21N3O3/c1-16-7-6-14-27-23(16)26-22(19-8-4-3-5-9-19)24(27)25-21(29)15-30-20-12-10-18(11-13-20)17(2)28/h3-14H,15H2,1-2H3,(H,25,29). The summed E-state index contributed by atoms with van der Waals surface area (Å²) in [6.45, 7) is 3.33. The van der Waals surface area contributed by atoms with Crippen molar-refractivity contribution in [3.05, 3.63) is 84.1 Å². The molecule has 30 heavy (non-hydrogen) atoms. The van der Waals surface area contributed by atoms with Crippen LogP contribution in [-0.4, -0.2) is 27.7 Å². The Morgan fingerprint density at radius 3 is 2.43 bits per heavy atom. The zero-order valence-corrected chi connectivity index (χ0v) is 16.8. The largest absolute Gasteiger partial charge is 0.484 e. The summed E-state index contributed by atoms with van der Waals surface area (Å²) in [5.74, 6) is 0.801. The number of benzene rings is 2. The summed E-state index contributed by atoms with van der Waals surface area (Å²) in [6, 6.07) is 20.3. The summed E-state index contributed by atoms with van der Waals surface area (Å²) in [6.07, 6.45) is 1.87. The Hall–Kier alpha value is -3.93. The molecule has 0 bridgehead atoms. The maximum atomic E-state index is 12.6. The lowest BCUT2D eigenvalue weighted by Gasteiger charge is -2.10. The Morgan fingerprint density at radius 1 is 1.00 bits per heavy atom. The van der Waals surface area contributed by atoms with Crippen molar-refractivity contribution < 1.29 is 14.3 Å². The topological polar surface area (TPSA) is 72.7 Å². The van der Waals surface area contributed by atoms with E-state index in [0.717, 1.165) is 16.8 Å². The second-order valence-electron chi connectivity index (χ2n) is 6.98. The minimum absolute atomic E-state index is 0.0179. The highest BCUT2D eigenvalue weighted by molar-refractivity contribution is 5.96. The van der Waals surface area contributed by atoms with Gasteiger partial charge in [-0.15, -0.1) is 0 Å². The van der Waals surface area contributed by atoms with Crippen molar-refractivity contribution in [1.29, 1.82) is 0 Å². The number of hydrogen-bond acceptors (Lipinski definition) is 4. The molecule has 0 saturated carbocycles. The van der Waals surface area contributed by atoms with Crippen molar-refractivity contribution in [2.75, 3.05) is 11.9 Å². The minimum Gasteiger partial charge on any atom is -0.484 e. The summed E-state index contributed by atoms with van der Waals surface area (Å²) in [7, 11) is 0. The molecule has 6 heteroatoms. The number of amides is 1. The van der Waals surface area contributed by atoms with E-state index in [0.29, 0.717) is 22.8 Å². The number of Topliss-reactive ketones (excluding diaryl/α,β-unsaturated/α-hetero) is 1. The van der Waals surface area contributed by atoms with Crippen LogP contribution in [0.2, 0.25) is 0 Å². The van der Waals surface area contributed by atoms with Gasteiger partial charge in [0.05, 0.1) is 0 Å². The quantitative estimate of drug-likeness (QED) is 0.484. The van der Waals surface area contributed by atoms with Crippen molar-refractivity contribution in [3.8, 4) is 17.0 Å². The first-order valence-corrected chi connectivity index (χ1v) is 9.59. The molecule has 0 unspecified atom stereocenters. The van der Waals surface area contributed by atoms with Crippen LogP contribution in [0.4, 0.5) is 5.82 Å². The van der Waals surface area contributed by atoms with Crippen LogP contribution < -0.4 is 10.1 Å². The molecule has 4 aromatic rings. The summed E-state index contributed by atoms with van der Waals surface area (Å²) in [5, 5.41) is 2.94. The third-order valence-electron chi connectivity index (χ3n) is 4.78. The number of ether oxygens (including phenoxy) is 1. The van der Waals surface area contributed by atoms with Gasteiger partial charge in [-0.1, -0.05) is 36.4 Å². The van der Waals surface area contributed by atoms with Crippen LogP contribution in [-0.2, 0) is 4.79 Å². The zero-order valence-electron chi connectivity index (χ0n) is 16.8. The molecule has 0 radical (unpaired) electrons. The van der Waals surface area contributed by atoms with Crippen LogP contribution in [0.5, 0.6) is 5.75 Å². The fourth-order valence-electron chi connectivity index (χ4n) is 3.22. The highest BCUT2D eigenvalue weighted by Crippen LogP contribution is 2.29. The first-order chi connectivity index (χ1) is 14.5. The maximum absolute atomic E-state index is 12.6. The van der Waals surface area contributed by atoms with Crippen LogP contribution in [0.15, 0.2) is 72.9 Å². The molecule has 0 atom stereocenters. The number of nitrogens with zero attached hydrogens (tertiary/aromatic N) is 2. The number of nitrogens with one attached hydrogen (secondary N) is 1. The van der Waals surface area contributed by atoms with Gasteiger partial charge in [0.15, 0.2) is 12.4 Å². The molecule has 150 valence electrons. The fourth-order valence-corrected chi connectivity index (χ4v) is 3.22. The van der Waals surface area contributed by atoms with E-state index in [4.69, 9.17) is 9.72 Å². The van der Waals surface area contributed by atoms with Gasteiger partial charge in [0.25, 0.3) is 5.91 Å². The van der Waals surface area contributed by atoms with Crippen molar-refractivity contribution in [2.24, 2.45) is 0 Å². The van der Waals surface area contributed by atoms with E-state index in [-0.39, 0.29) is 18.3 Å². The average molecular weight is 399 g/mol. The molecular weight excluding hydrogens is 378 g/mol. The molecule has 2 aromatic carbocycles. The first kappa shape index (κ1) is 19.4. The van der Waals surface area contributed by atoms with E-state index >= 15 is 0 Å². The second-order valence-corrected chi connectivity index (χ2v) is 6.98. The number of anilines is 1. The third kappa shape index (κ3) is 3.93. The molecule has 6 nitrogen and oxygen atoms in total. The summed E-state index contributed by atoms with van der Waals surface area (Å²) in [4.78, 5) is 28.8. The number of imidazole rings is 1. The number of rotatable bonds is 6. The highest BCUT2D eigenvalue weighted by Gasteiger charge is 2.17. The van der Waals surface area contributed by atoms with Crippen LogP contribution in [0.25, 0.3) is 16.9 Å². The summed E-state index contributed by atoms with van der Waals surface area (Å²) >= 11 is 0. The number of pyridine rings is 1. The van der Waals surface area contributed by atoms with Crippen LogP contribution in [0.3, 0.4) is 0 Å². The molecule has 1 amide bonds. The van der Waals surface area contributed by atoms with Gasteiger partial charge in [-0.05, 0) is 49.7 Å². The van der Waals surface area contributed by atoms with E-state index in [1.165, 1.54) is 6.92 Å². The molecule has 0 saturated heterocycles. The Balaban J connectivity index is 1.57. The molecule has 2 heterocycles. The predicted molar refractivity (Wildman–Crippen MR) is 116 cm³/mol. The van der Waals surface area contributed by atoms with Gasteiger partial charge in [0, 0.05) is 17.3 Å². The van der Waals surface area contributed by atoms with Gasteiger partial charge in [-0.25, -0.2) is 4.98 Å². The molecule has 1 N–H and O–H groups in total. The lowest BCUT2D eigenvalue weighted by atomic mass is 10.1. The van der Waals surface area contributed by atoms with Crippen molar-refractivity contribution in [1.82, 2.24) is 9.38 Å². The van der Waals surface area contributed by atoms with Crippen LogP contribution in [0.1, 0.15) is 22.8 Å². The molecule has 0 fully saturated rings. The highest BCUT2D eigenvalue weighted by atomic mass is 16.5. The van der Waals surface area contributed by atoms with E-state index in [1.54, 1.807) is 24.3 Å². The zero-order chi connectivity index (χ0) is 21.1. The van der Waals surface area contributed by atoms with Gasteiger partial charge < -0.3 is 10.1 Å². The Morgan fingerprint density at radius 2 is 1.73 bits per heavy atom. The van der Waals surface area contributed by atoms with Gasteiger partial charge in [0.2, 0.25) is 0 Å². The summed E-state index contributed by atoms with van der Waals surface area (Å²) < 4.78 is 7.45. The Labute approximate surface area is 174 Å². The van der Waals surface area contributed by atoms with Crippen LogP contribution in [0, 0.1) is 6.92 Å². The molecule has 2 aromatic heterocycles. The van der Waals surface area contributed by atoms with Crippen LogP contribution >= 0.6 is 0 Å². The van der Waals surface area contributed by atoms with Gasteiger partial charge in [-0.2, -0.15) is 0 Å². The van der Waals surface area contributed by atoms with E-state index < -0.39 is 0 Å². The van der Waals surface area contributed by atoms with Crippen molar-refractivity contribution in [2.45, 2.75) is 13.8 Å². The number of aryl methyl sites for hydroxylation is 1. The average Bonchev–Trinajstić information content (AvgIpc) is 3.13. The number of carbonyl (C=O) groups excluding carboxylic acids is 2. The lowest BCUT2D eigenvalue weighted by Crippen LogP contribution is -2.21. The summed E-state index contributed by atoms with van der Waals surface area (Å²) in [5.41, 5.74) is 4.01. The monoisotopic (exact) mass is 399 g/mol. The molecule has 4 rings (SSSR count). The second kappa shape index (κ2) is 8.21. The number of hydrogen-bond donors (Lipinski definition) is 1. The molecule has 0 aliphatic heterocycles. The van der Waals surface area contributed by atoms with E-state index in [1.807, 2.05) is 60.0 Å². The predicted octanol–water partition coefficient (Wildman–Crippen LogP) is 4.53. The van der Waals surface area contributed by atoms with E-state index in [2.05, 4.69) is 5.32 Å². The molecule has 0 aliphatic carbocycles. The van der Waals surface area contributed by atoms with Crippen molar-refractivity contribution >= 4 is 23.2 Å². The fraction of sp³-hybridized carbons (Fsp3) is 0.125. The Kier molecular flexibility index (Phi) is 5.30. The van der Waals surface area contributed by atoms with Gasteiger partial charge in [0.1, 0.15) is 22.9 Å². The van der Waals surface area contributed by atoms with Gasteiger partial charge >= 0.3 is 0 Å². The van der Waals surface area contributed by atoms with Gasteiger partial charge in [-0.3, -0.25) is 14.0 Å². The number of fused-ring (bicyclic) bond motifs is 1.